The summed E-state index contributed by atoms with van der Waals surface area (Å²) in [5.74, 6) is 0.894. The van der Waals surface area contributed by atoms with E-state index in [1.54, 1.807) is 18.2 Å². The summed E-state index contributed by atoms with van der Waals surface area (Å²) >= 11 is 0. The molecule has 39 heavy (non-hydrogen) atoms. The number of halogens is 1. The van der Waals surface area contributed by atoms with Gasteiger partial charge >= 0.3 is 5.63 Å². The van der Waals surface area contributed by atoms with Crippen LogP contribution < -0.4 is 10.4 Å². The first-order valence-corrected chi connectivity index (χ1v) is 14.6. The molecule has 1 aliphatic carbocycles. The summed E-state index contributed by atoms with van der Waals surface area (Å²) in [6.45, 7) is 4.83. The van der Waals surface area contributed by atoms with Gasteiger partial charge in [0.2, 0.25) is 0 Å². The number of ether oxygens (including phenoxy) is 1. The Bertz CT molecular complexity index is 1430. The minimum Gasteiger partial charge on any atom is -0.490 e. The van der Waals surface area contributed by atoms with Gasteiger partial charge in [-0.15, -0.1) is 0 Å². The molecule has 0 spiro atoms. The number of benzene rings is 3. The fourth-order valence-corrected chi connectivity index (χ4v) is 5.81. The van der Waals surface area contributed by atoms with Crippen molar-refractivity contribution in [3.05, 3.63) is 99.7 Å². The molecule has 204 valence electrons. The van der Waals surface area contributed by atoms with Gasteiger partial charge in [-0.05, 0) is 91.0 Å². The molecule has 0 atom stereocenters. The summed E-state index contributed by atoms with van der Waals surface area (Å²) in [4.78, 5) is 12.8. The van der Waals surface area contributed by atoms with Gasteiger partial charge in [0.25, 0.3) is 0 Å². The van der Waals surface area contributed by atoms with Gasteiger partial charge in [0.05, 0.1) is 6.61 Å². The van der Waals surface area contributed by atoms with Crippen LogP contribution in [0.2, 0.25) is 0 Å². The van der Waals surface area contributed by atoms with E-state index >= 15 is 4.39 Å². The lowest BCUT2D eigenvalue weighted by Gasteiger charge is -2.29. The van der Waals surface area contributed by atoms with Gasteiger partial charge in [0, 0.05) is 5.56 Å². The summed E-state index contributed by atoms with van der Waals surface area (Å²) in [5, 5.41) is 0.468. The molecule has 1 heterocycles. The number of fused-ring (bicyclic) bond motifs is 1. The highest BCUT2D eigenvalue weighted by Crippen LogP contribution is 2.37. The summed E-state index contributed by atoms with van der Waals surface area (Å²) in [6.07, 6.45) is 10.0. The SMILES string of the molecule is CCCCc1ccc(C2CCC(COc3ccc4cc(-c5ccc(CCC)cc5)oc(=O)c4c3F)CC2)cc1. The molecule has 1 aromatic heterocycles. The van der Waals surface area contributed by atoms with Crippen molar-refractivity contribution in [2.24, 2.45) is 5.92 Å². The normalized spacial score (nSPS) is 17.4. The fourth-order valence-electron chi connectivity index (χ4n) is 5.81. The quantitative estimate of drug-likeness (QED) is 0.207. The van der Waals surface area contributed by atoms with Gasteiger partial charge in [0.15, 0.2) is 11.6 Å². The molecule has 0 aliphatic heterocycles. The average molecular weight is 527 g/mol. The maximum Gasteiger partial charge on any atom is 0.347 e. The standard InChI is InChI=1S/C35H39FO3/c1-3-5-7-25-8-14-27(15-9-25)28-16-12-26(13-17-28)23-38-31-21-20-30-22-32(39-35(37)33(30)34(31)36)29-18-10-24(6-4-2)11-19-29/h8-11,14-15,18-22,26,28H,3-7,12-13,16-17,23H2,1-2H3. The second kappa shape index (κ2) is 12.6. The second-order valence-corrected chi connectivity index (χ2v) is 11.1. The van der Waals surface area contributed by atoms with Crippen molar-refractivity contribution in [1.82, 2.24) is 0 Å². The Hall–Kier alpha value is -3.40. The molecule has 1 saturated carbocycles. The zero-order valence-corrected chi connectivity index (χ0v) is 23.2. The summed E-state index contributed by atoms with van der Waals surface area (Å²) in [5.41, 5.74) is 4.22. The predicted octanol–water partition coefficient (Wildman–Crippen LogP) is 9.25. The monoisotopic (exact) mass is 526 g/mol. The Morgan fingerprint density at radius 2 is 1.54 bits per heavy atom. The van der Waals surface area contributed by atoms with Crippen molar-refractivity contribution in [2.45, 2.75) is 77.6 Å². The summed E-state index contributed by atoms with van der Waals surface area (Å²) < 4.78 is 26.8. The van der Waals surface area contributed by atoms with E-state index in [1.807, 2.05) is 24.3 Å². The molecule has 4 heteroatoms. The molecule has 1 aliphatic rings. The number of hydrogen-bond acceptors (Lipinski definition) is 3. The van der Waals surface area contributed by atoms with Crippen molar-refractivity contribution < 1.29 is 13.5 Å². The first kappa shape index (κ1) is 27.2. The molecule has 0 saturated heterocycles. The van der Waals surface area contributed by atoms with Crippen molar-refractivity contribution in [2.75, 3.05) is 6.61 Å². The summed E-state index contributed by atoms with van der Waals surface area (Å²) in [6, 6.07) is 22.3. The maximum absolute atomic E-state index is 15.4. The van der Waals surface area contributed by atoms with Crippen LogP contribution in [0.15, 0.2) is 75.9 Å². The molecule has 0 N–H and O–H groups in total. The van der Waals surface area contributed by atoms with E-state index < -0.39 is 11.4 Å². The van der Waals surface area contributed by atoms with Crippen molar-refractivity contribution in [3.63, 3.8) is 0 Å². The molecule has 0 radical (unpaired) electrons. The van der Waals surface area contributed by atoms with Gasteiger partial charge < -0.3 is 9.15 Å². The first-order valence-electron chi connectivity index (χ1n) is 14.6. The average Bonchev–Trinajstić information content (AvgIpc) is 2.96. The fraction of sp³-hybridized carbons (Fsp3) is 0.400. The summed E-state index contributed by atoms with van der Waals surface area (Å²) in [7, 11) is 0. The lowest BCUT2D eigenvalue weighted by molar-refractivity contribution is 0.194. The molecule has 0 bridgehead atoms. The van der Waals surface area contributed by atoms with Gasteiger partial charge in [-0.2, -0.15) is 0 Å². The Kier molecular flexibility index (Phi) is 8.81. The van der Waals surface area contributed by atoms with Crippen LogP contribution in [0.25, 0.3) is 22.1 Å². The molecule has 3 nitrogen and oxygen atoms in total. The third kappa shape index (κ3) is 6.43. The molecular formula is C35H39FO3. The highest BCUT2D eigenvalue weighted by molar-refractivity contribution is 5.86. The topological polar surface area (TPSA) is 39.4 Å². The van der Waals surface area contributed by atoms with Crippen LogP contribution >= 0.6 is 0 Å². The Labute approximate surface area is 231 Å². The highest BCUT2D eigenvalue weighted by atomic mass is 19.1. The van der Waals surface area contributed by atoms with Crippen LogP contribution in [-0.4, -0.2) is 6.61 Å². The number of aryl methyl sites for hydroxylation is 2. The minimum atomic E-state index is -0.677. The van der Waals surface area contributed by atoms with Crippen LogP contribution in [0, 0.1) is 11.7 Å². The molecular weight excluding hydrogens is 487 g/mol. The van der Waals surface area contributed by atoms with Gasteiger partial charge in [-0.3, -0.25) is 0 Å². The lowest BCUT2D eigenvalue weighted by Crippen LogP contribution is -2.19. The van der Waals surface area contributed by atoms with Crippen LogP contribution in [0.3, 0.4) is 0 Å². The highest BCUT2D eigenvalue weighted by Gasteiger charge is 2.24. The van der Waals surface area contributed by atoms with Crippen LogP contribution in [0.1, 0.15) is 81.4 Å². The minimum absolute atomic E-state index is 0.0510. The van der Waals surface area contributed by atoms with E-state index in [4.69, 9.17) is 9.15 Å². The maximum atomic E-state index is 15.4. The van der Waals surface area contributed by atoms with Gasteiger partial charge in [0.1, 0.15) is 11.1 Å². The zero-order chi connectivity index (χ0) is 27.2. The van der Waals surface area contributed by atoms with Gasteiger partial charge in [-0.1, -0.05) is 81.3 Å². The molecule has 5 rings (SSSR count). The van der Waals surface area contributed by atoms with E-state index in [-0.39, 0.29) is 11.1 Å². The van der Waals surface area contributed by atoms with Crippen molar-refractivity contribution in [1.29, 1.82) is 0 Å². The number of unbranched alkanes of at least 4 members (excludes halogenated alkanes) is 1. The third-order valence-corrected chi connectivity index (χ3v) is 8.20. The van der Waals surface area contributed by atoms with Crippen LogP contribution in [0.4, 0.5) is 4.39 Å². The van der Waals surface area contributed by atoms with Crippen LogP contribution in [-0.2, 0) is 12.8 Å². The van der Waals surface area contributed by atoms with E-state index in [1.165, 1.54) is 29.5 Å². The number of rotatable bonds is 10. The molecule has 3 aromatic carbocycles. The Morgan fingerprint density at radius 1 is 0.846 bits per heavy atom. The van der Waals surface area contributed by atoms with E-state index in [0.29, 0.717) is 29.6 Å². The molecule has 4 aromatic rings. The van der Waals surface area contributed by atoms with Crippen molar-refractivity contribution >= 4 is 10.8 Å². The first-order chi connectivity index (χ1) is 19.1. The second-order valence-electron chi connectivity index (χ2n) is 11.1. The smallest absolute Gasteiger partial charge is 0.347 e. The molecule has 1 fully saturated rings. The predicted molar refractivity (Wildman–Crippen MR) is 157 cm³/mol. The van der Waals surface area contributed by atoms with Crippen molar-refractivity contribution in [3.8, 4) is 17.1 Å². The Balaban J connectivity index is 1.21. The van der Waals surface area contributed by atoms with Gasteiger partial charge in [-0.25, -0.2) is 9.18 Å². The molecule has 0 amide bonds. The number of hydrogen-bond donors (Lipinski definition) is 0. The van der Waals surface area contributed by atoms with E-state index in [2.05, 4.69) is 38.1 Å². The van der Waals surface area contributed by atoms with Crippen LogP contribution in [0.5, 0.6) is 5.75 Å². The molecule has 0 unspecified atom stereocenters. The largest absolute Gasteiger partial charge is 0.490 e. The zero-order valence-electron chi connectivity index (χ0n) is 23.2. The Morgan fingerprint density at radius 3 is 2.23 bits per heavy atom. The third-order valence-electron chi connectivity index (χ3n) is 8.20. The van der Waals surface area contributed by atoms with E-state index in [9.17, 15) is 4.79 Å². The lowest BCUT2D eigenvalue weighted by atomic mass is 9.79. The van der Waals surface area contributed by atoms with E-state index in [0.717, 1.165) is 50.5 Å².